The number of carbonyl (C=O) groups is 1. The zero-order valence-electron chi connectivity index (χ0n) is 11.0. The summed E-state index contributed by atoms with van der Waals surface area (Å²) in [6.07, 6.45) is 0.409. The first-order valence-electron chi connectivity index (χ1n) is 6.04. The van der Waals surface area contributed by atoms with Gasteiger partial charge in [0, 0.05) is 12.3 Å². The van der Waals surface area contributed by atoms with Gasteiger partial charge in [0.1, 0.15) is 5.75 Å². The number of aromatic nitrogens is 1. The number of halogens is 2. The fraction of sp³-hybridized carbons (Fsp3) is 0.143. The molecule has 0 aliphatic heterocycles. The highest BCUT2D eigenvalue weighted by molar-refractivity contribution is 5.94. The lowest BCUT2D eigenvalue weighted by atomic mass is 10.3. The summed E-state index contributed by atoms with van der Waals surface area (Å²) < 4.78 is 31.0. The molecule has 21 heavy (non-hydrogen) atoms. The number of carbonyl (C=O) groups excluding carboxylic acids is 1. The van der Waals surface area contributed by atoms with E-state index in [1.54, 1.807) is 0 Å². The summed E-state index contributed by atoms with van der Waals surface area (Å²) in [5.74, 6) is -2.84. The second-order valence-electron chi connectivity index (χ2n) is 4.20. The van der Waals surface area contributed by atoms with Gasteiger partial charge in [-0.3, -0.25) is 4.79 Å². The van der Waals surface area contributed by atoms with E-state index in [4.69, 9.17) is 4.74 Å². The molecule has 5 nitrogen and oxygen atoms in total. The predicted octanol–water partition coefficient (Wildman–Crippen LogP) is 2.47. The number of amides is 1. The monoisotopic (exact) mass is 294 g/mol. The Morgan fingerprint density at radius 2 is 2.10 bits per heavy atom. The lowest BCUT2D eigenvalue weighted by Crippen LogP contribution is -2.30. The van der Waals surface area contributed by atoms with Crippen LogP contribution in [0.25, 0.3) is 0 Å². The van der Waals surface area contributed by atoms with Crippen molar-refractivity contribution in [2.45, 2.75) is 13.0 Å². The Bertz CT molecular complexity index is 664. The van der Waals surface area contributed by atoms with E-state index in [1.807, 2.05) is 0 Å². The van der Waals surface area contributed by atoms with Gasteiger partial charge in [-0.2, -0.15) is 0 Å². The van der Waals surface area contributed by atoms with Crippen LogP contribution in [0, 0.1) is 11.6 Å². The quantitative estimate of drug-likeness (QED) is 0.908. The molecule has 0 saturated carbocycles. The van der Waals surface area contributed by atoms with Crippen LogP contribution in [0.15, 0.2) is 36.5 Å². The van der Waals surface area contributed by atoms with Crippen LogP contribution in [0.5, 0.6) is 11.5 Å². The van der Waals surface area contributed by atoms with E-state index in [1.165, 1.54) is 31.3 Å². The minimum atomic E-state index is -1.07. The minimum Gasteiger partial charge on any atom is -0.504 e. The fourth-order valence-electron chi connectivity index (χ4n) is 1.52. The third kappa shape index (κ3) is 3.65. The zero-order chi connectivity index (χ0) is 15.4. The van der Waals surface area contributed by atoms with Crippen LogP contribution < -0.4 is 10.1 Å². The third-order valence-corrected chi connectivity index (χ3v) is 2.60. The molecule has 0 saturated heterocycles. The maximum absolute atomic E-state index is 13.0. The van der Waals surface area contributed by atoms with Crippen molar-refractivity contribution in [3.05, 3.63) is 48.2 Å². The second-order valence-corrected chi connectivity index (χ2v) is 4.20. The topological polar surface area (TPSA) is 71.5 Å². The summed E-state index contributed by atoms with van der Waals surface area (Å²) >= 11 is 0. The standard InChI is InChI=1S/C14H12F2N2O3/c1-8(21-9-4-5-10(15)11(16)7-9)14(20)18-13-12(19)3-2-6-17-13/h2-8,19H,1H3,(H,17,18,20). The van der Waals surface area contributed by atoms with Gasteiger partial charge in [-0.15, -0.1) is 0 Å². The van der Waals surface area contributed by atoms with Gasteiger partial charge >= 0.3 is 0 Å². The molecule has 1 amide bonds. The Balaban J connectivity index is 2.02. The van der Waals surface area contributed by atoms with Crippen molar-refractivity contribution in [3.63, 3.8) is 0 Å². The normalized spacial score (nSPS) is 11.8. The molecule has 0 fully saturated rings. The number of hydrogen-bond acceptors (Lipinski definition) is 4. The molecule has 1 aromatic heterocycles. The highest BCUT2D eigenvalue weighted by Crippen LogP contribution is 2.20. The van der Waals surface area contributed by atoms with E-state index in [0.717, 1.165) is 12.1 Å². The molecular formula is C14H12F2N2O3. The lowest BCUT2D eigenvalue weighted by Gasteiger charge is -2.14. The molecule has 1 heterocycles. The van der Waals surface area contributed by atoms with E-state index in [0.29, 0.717) is 0 Å². The van der Waals surface area contributed by atoms with E-state index >= 15 is 0 Å². The van der Waals surface area contributed by atoms with Gasteiger partial charge in [0.15, 0.2) is 29.3 Å². The van der Waals surface area contributed by atoms with Crippen LogP contribution in [0.1, 0.15) is 6.92 Å². The van der Waals surface area contributed by atoms with Crippen molar-refractivity contribution in [1.29, 1.82) is 0 Å². The maximum Gasteiger partial charge on any atom is 0.266 e. The number of nitrogens with one attached hydrogen (secondary N) is 1. The zero-order valence-corrected chi connectivity index (χ0v) is 11.0. The van der Waals surface area contributed by atoms with Crippen molar-refractivity contribution < 1.29 is 23.4 Å². The molecule has 2 aromatic rings. The molecule has 2 N–H and O–H groups in total. The largest absolute Gasteiger partial charge is 0.504 e. The number of anilines is 1. The van der Waals surface area contributed by atoms with Crippen LogP contribution in [0.3, 0.4) is 0 Å². The first kappa shape index (κ1) is 14.7. The van der Waals surface area contributed by atoms with Crippen LogP contribution in [0.4, 0.5) is 14.6 Å². The molecule has 0 bridgehead atoms. The average Bonchev–Trinajstić information content (AvgIpc) is 2.45. The number of pyridine rings is 1. The fourth-order valence-corrected chi connectivity index (χ4v) is 1.52. The van der Waals surface area contributed by atoms with Crippen molar-refractivity contribution >= 4 is 11.7 Å². The molecular weight excluding hydrogens is 282 g/mol. The Hall–Kier alpha value is -2.70. The smallest absolute Gasteiger partial charge is 0.266 e. The summed E-state index contributed by atoms with van der Waals surface area (Å²) in [5, 5.41) is 11.9. The number of ether oxygens (including phenoxy) is 1. The van der Waals surface area contributed by atoms with E-state index in [-0.39, 0.29) is 17.3 Å². The van der Waals surface area contributed by atoms with Gasteiger partial charge in [0.25, 0.3) is 5.91 Å². The molecule has 1 unspecified atom stereocenters. The summed E-state index contributed by atoms with van der Waals surface area (Å²) in [4.78, 5) is 15.7. The highest BCUT2D eigenvalue weighted by atomic mass is 19.2. The summed E-state index contributed by atoms with van der Waals surface area (Å²) in [5.41, 5.74) is 0. The molecule has 1 aromatic carbocycles. The molecule has 1 atom stereocenters. The number of benzene rings is 1. The Kier molecular flexibility index (Phi) is 4.32. The highest BCUT2D eigenvalue weighted by Gasteiger charge is 2.17. The molecule has 110 valence electrons. The first-order valence-corrected chi connectivity index (χ1v) is 6.04. The van der Waals surface area contributed by atoms with Gasteiger partial charge in [-0.05, 0) is 31.2 Å². The Morgan fingerprint density at radius 3 is 2.76 bits per heavy atom. The van der Waals surface area contributed by atoms with Gasteiger partial charge in [-0.25, -0.2) is 13.8 Å². The van der Waals surface area contributed by atoms with Crippen molar-refractivity contribution in [2.75, 3.05) is 5.32 Å². The van der Waals surface area contributed by atoms with Crippen LogP contribution in [-0.4, -0.2) is 22.1 Å². The molecule has 0 spiro atoms. The van der Waals surface area contributed by atoms with Gasteiger partial charge in [0.2, 0.25) is 0 Å². The van der Waals surface area contributed by atoms with Crippen molar-refractivity contribution in [3.8, 4) is 11.5 Å². The molecule has 0 aliphatic carbocycles. The molecule has 0 radical (unpaired) electrons. The number of hydrogen-bond donors (Lipinski definition) is 2. The van der Waals surface area contributed by atoms with E-state index in [2.05, 4.69) is 10.3 Å². The predicted molar refractivity (Wildman–Crippen MR) is 71.0 cm³/mol. The van der Waals surface area contributed by atoms with Gasteiger partial charge < -0.3 is 15.2 Å². The number of aromatic hydroxyl groups is 1. The van der Waals surface area contributed by atoms with Crippen LogP contribution in [0.2, 0.25) is 0 Å². The maximum atomic E-state index is 13.0. The summed E-state index contributed by atoms with van der Waals surface area (Å²) in [7, 11) is 0. The van der Waals surface area contributed by atoms with Crippen LogP contribution >= 0.6 is 0 Å². The number of rotatable bonds is 4. The lowest BCUT2D eigenvalue weighted by molar-refractivity contribution is -0.122. The molecule has 0 aliphatic rings. The SMILES string of the molecule is CC(Oc1ccc(F)c(F)c1)C(=O)Nc1ncccc1O. The minimum absolute atomic E-state index is 0.0109. The second kappa shape index (κ2) is 6.17. The van der Waals surface area contributed by atoms with Crippen molar-refractivity contribution in [1.82, 2.24) is 4.98 Å². The third-order valence-electron chi connectivity index (χ3n) is 2.60. The van der Waals surface area contributed by atoms with Crippen molar-refractivity contribution in [2.24, 2.45) is 0 Å². The first-order chi connectivity index (χ1) is 9.97. The molecule has 7 heteroatoms. The summed E-state index contributed by atoms with van der Waals surface area (Å²) in [6.45, 7) is 1.43. The van der Waals surface area contributed by atoms with Gasteiger partial charge in [-0.1, -0.05) is 0 Å². The Morgan fingerprint density at radius 1 is 1.33 bits per heavy atom. The summed E-state index contributed by atoms with van der Waals surface area (Å²) in [6, 6.07) is 5.83. The Labute approximate surface area is 119 Å². The van der Waals surface area contributed by atoms with Crippen LogP contribution in [-0.2, 0) is 4.79 Å². The van der Waals surface area contributed by atoms with E-state index < -0.39 is 23.6 Å². The molecule has 2 rings (SSSR count). The average molecular weight is 294 g/mol. The van der Waals surface area contributed by atoms with E-state index in [9.17, 15) is 18.7 Å². The number of nitrogens with zero attached hydrogens (tertiary/aromatic N) is 1. The van der Waals surface area contributed by atoms with Gasteiger partial charge in [0.05, 0.1) is 0 Å².